The normalized spacial score (nSPS) is 11.5. The van der Waals surface area contributed by atoms with Crippen molar-refractivity contribution in [3.05, 3.63) is 59.2 Å². The zero-order chi connectivity index (χ0) is 28.0. The van der Waals surface area contributed by atoms with E-state index >= 15 is 0 Å². The summed E-state index contributed by atoms with van der Waals surface area (Å²) in [5, 5.41) is 17.4. The van der Waals surface area contributed by atoms with Crippen LogP contribution >= 0.6 is 0 Å². The highest BCUT2D eigenvalue weighted by Crippen LogP contribution is 2.34. The molecule has 4 aromatic rings. The number of benzene rings is 2. The topological polar surface area (TPSA) is 133 Å². The Morgan fingerprint density at radius 3 is 2.69 bits per heavy atom. The number of anilines is 1. The van der Waals surface area contributed by atoms with Crippen molar-refractivity contribution >= 4 is 28.7 Å². The maximum atomic E-state index is 13.5. The molecule has 2 aromatic heterocycles. The van der Waals surface area contributed by atoms with Gasteiger partial charge >= 0.3 is 12.3 Å². The molecule has 0 aliphatic carbocycles. The lowest BCUT2D eigenvalue weighted by molar-refractivity contribution is -0.138. The van der Waals surface area contributed by atoms with Crippen LogP contribution in [0.5, 0.6) is 0 Å². The van der Waals surface area contributed by atoms with Crippen LogP contribution < -0.4 is 10.6 Å². The van der Waals surface area contributed by atoms with Gasteiger partial charge in [-0.2, -0.15) is 13.2 Å². The summed E-state index contributed by atoms with van der Waals surface area (Å²) in [4.78, 5) is 25.5. The van der Waals surface area contributed by atoms with Crippen molar-refractivity contribution in [3.63, 3.8) is 0 Å². The predicted octanol–water partition coefficient (Wildman–Crippen LogP) is 4.64. The van der Waals surface area contributed by atoms with Gasteiger partial charge in [0, 0.05) is 30.3 Å². The van der Waals surface area contributed by atoms with Crippen LogP contribution in [0.1, 0.15) is 34.8 Å². The molecule has 0 saturated heterocycles. The van der Waals surface area contributed by atoms with Crippen LogP contribution in [0.25, 0.3) is 22.6 Å². The first kappa shape index (κ1) is 27.6. The molecule has 0 aliphatic heterocycles. The van der Waals surface area contributed by atoms with Crippen molar-refractivity contribution in [3.8, 4) is 11.6 Å². The molecule has 0 radical (unpaired) electrons. The van der Waals surface area contributed by atoms with Crippen LogP contribution in [0, 0.1) is 0 Å². The fourth-order valence-corrected chi connectivity index (χ4v) is 3.71. The Kier molecular flexibility index (Phi) is 8.44. The molecule has 0 bridgehead atoms. The zero-order valence-corrected chi connectivity index (χ0v) is 21.0. The lowest BCUT2D eigenvalue weighted by atomic mass is 10.0. The van der Waals surface area contributed by atoms with Crippen LogP contribution in [0.2, 0.25) is 0 Å². The quantitative estimate of drug-likeness (QED) is 0.275. The first-order chi connectivity index (χ1) is 18.7. The number of hydrogen-bond donors (Lipinski definition) is 2. The lowest BCUT2D eigenvalue weighted by Gasteiger charge is -2.14. The fraction of sp³-hybridized carbons (Fsp3) is 0.320. The Bertz CT molecular complexity index is 1470. The minimum absolute atomic E-state index is 0.0304. The first-order valence-electron chi connectivity index (χ1n) is 11.9. The minimum Gasteiger partial charge on any atom is -0.453 e. The highest BCUT2D eigenvalue weighted by atomic mass is 19.4. The Morgan fingerprint density at radius 1 is 1.13 bits per heavy atom. The number of halogens is 3. The summed E-state index contributed by atoms with van der Waals surface area (Å²) in [7, 11) is 1.50. The summed E-state index contributed by atoms with van der Waals surface area (Å²) in [5.74, 6) is -0.233. The van der Waals surface area contributed by atoms with Crippen molar-refractivity contribution in [1.82, 2.24) is 25.5 Å². The molecule has 0 saturated carbocycles. The highest BCUT2D eigenvalue weighted by Gasteiger charge is 2.33. The van der Waals surface area contributed by atoms with Crippen molar-refractivity contribution in [2.75, 3.05) is 25.6 Å². The van der Waals surface area contributed by atoms with Gasteiger partial charge in [-0.1, -0.05) is 25.5 Å². The van der Waals surface area contributed by atoms with Gasteiger partial charge in [0.1, 0.15) is 5.58 Å². The summed E-state index contributed by atoms with van der Waals surface area (Å²) < 4.78 is 56.1. The van der Waals surface area contributed by atoms with Crippen LogP contribution in [-0.2, 0) is 28.8 Å². The molecule has 14 heteroatoms. The summed E-state index contributed by atoms with van der Waals surface area (Å²) in [6.07, 6.45) is -4.37. The number of ether oxygens (including phenoxy) is 2. The highest BCUT2D eigenvalue weighted by molar-refractivity contribution is 6.06. The van der Waals surface area contributed by atoms with Crippen LogP contribution in [0.4, 0.5) is 23.7 Å². The third-order valence-corrected chi connectivity index (χ3v) is 5.53. The molecule has 0 aliphatic rings. The molecule has 39 heavy (non-hydrogen) atoms. The number of rotatable bonds is 10. The summed E-state index contributed by atoms with van der Waals surface area (Å²) in [5.41, 5.74) is -0.0557. The van der Waals surface area contributed by atoms with Crippen LogP contribution in [0.15, 0.2) is 46.9 Å². The van der Waals surface area contributed by atoms with Gasteiger partial charge in [0.2, 0.25) is 12.6 Å². The number of tetrazole rings is 1. The van der Waals surface area contributed by atoms with E-state index in [1.165, 1.54) is 31.4 Å². The Balaban J connectivity index is 1.45. The van der Waals surface area contributed by atoms with Gasteiger partial charge < -0.3 is 24.5 Å². The van der Waals surface area contributed by atoms with Gasteiger partial charge in [-0.25, -0.2) is 4.79 Å². The first-order valence-corrected chi connectivity index (χ1v) is 11.9. The van der Waals surface area contributed by atoms with E-state index in [9.17, 15) is 22.8 Å². The Labute approximate surface area is 220 Å². The number of fused-ring (bicyclic) bond motifs is 1. The number of nitrogens with zero attached hydrogens (tertiary/aromatic N) is 4. The molecule has 2 heterocycles. The Hall–Kier alpha value is -4.46. The van der Waals surface area contributed by atoms with Crippen molar-refractivity contribution < 1.29 is 36.7 Å². The molecule has 4 rings (SSSR count). The molecule has 0 fully saturated rings. The van der Waals surface area contributed by atoms with Gasteiger partial charge in [0.05, 0.1) is 12.2 Å². The van der Waals surface area contributed by atoms with Gasteiger partial charge in [-0.05, 0) is 47.5 Å². The van der Waals surface area contributed by atoms with Gasteiger partial charge in [-0.15, -0.1) is 15.0 Å². The molecule has 206 valence electrons. The third-order valence-electron chi connectivity index (χ3n) is 5.53. The van der Waals surface area contributed by atoms with Gasteiger partial charge in [0.15, 0.2) is 5.76 Å². The van der Waals surface area contributed by atoms with E-state index in [4.69, 9.17) is 13.9 Å². The second-order valence-corrected chi connectivity index (χ2v) is 8.40. The number of hydrogen-bond acceptors (Lipinski definition) is 8. The van der Waals surface area contributed by atoms with E-state index in [1.807, 2.05) is 0 Å². The SMILES string of the molecule is CCCc1ccc(NC(=O)c2ccc3cc(-c4nnn(COC(=O)NCCOC)n4)oc3c2)cc1C(F)(F)F. The second kappa shape index (κ2) is 11.9. The summed E-state index contributed by atoms with van der Waals surface area (Å²) >= 11 is 0. The Morgan fingerprint density at radius 2 is 1.95 bits per heavy atom. The molecular formula is C25H25F3N6O5. The maximum absolute atomic E-state index is 13.5. The molecule has 0 unspecified atom stereocenters. The number of nitrogens with one attached hydrogen (secondary N) is 2. The molecule has 11 nitrogen and oxygen atoms in total. The molecule has 0 atom stereocenters. The van der Waals surface area contributed by atoms with E-state index < -0.39 is 23.7 Å². The second-order valence-electron chi connectivity index (χ2n) is 8.40. The van der Waals surface area contributed by atoms with Gasteiger partial charge in [-0.3, -0.25) is 4.79 Å². The number of alkyl carbamates (subject to hydrolysis) is 1. The number of amides is 2. The molecule has 0 spiro atoms. The monoisotopic (exact) mass is 546 g/mol. The molecular weight excluding hydrogens is 521 g/mol. The number of methoxy groups -OCH3 is 1. The number of furan rings is 1. The van der Waals surface area contributed by atoms with Crippen molar-refractivity contribution in [2.24, 2.45) is 0 Å². The van der Waals surface area contributed by atoms with Crippen molar-refractivity contribution in [1.29, 1.82) is 0 Å². The third kappa shape index (κ3) is 6.90. The van der Waals surface area contributed by atoms with Crippen LogP contribution in [0.3, 0.4) is 0 Å². The fourth-order valence-electron chi connectivity index (χ4n) is 3.71. The number of carbonyl (C=O) groups excluding carboxylic acids is 2. The largest absolute Gasteiger partial charge is 0.453 e. The molecule has 2 N–H and O–H groups in total. The lowest BCUT2D eigenvalue weighted by Crippen LogP contribution is -2.28. The van der Waals surface area contributed by atoms with E-state index in [0.717, 1.165) is 10.9 Å². The van der Waals surface area contributed by atoms with Crippen LogP contribution in [-0.4, -0.2) is 52.5 Å². The van der Waals surface area contributed by atoms with E-state index in [-0.39, 0.29) is 48.1 Å². The van der Waals surface area contributed by atoms with E-state index in [2.05, 4.69) is 26.0 Å². The van der Waals surface area contributed by atoms with E-state index in [1.54, 1.807) is 19.1 Å². The summed E-state index contributed by atoms with van der Waals surface area (Å²) in [6, 6.07) is 10.0. The van der Waals surface area contributed by atoms with Crippen molar-refractivity contribution in [2.45, 2.75) is 32.7 Å². The number of aromatic nitrogens is 4. The average Bonchev–Trinajstić information content (AvgIpc) is 3.54. The van der Waals surface area contributed by atoms with Gasteiger partial charge in [0.25, 0.3) is 5.91 Å². The molecule has 2 aromatic carbocycles. The van der Waals surface area contributed by atoms with E-state index in [0.29, 0.717) is 24.0 Å². The number of aryl methyl sites for hydroxylation is 1. The smallest absolute Gasteiger partial charge is 0.416 e. The average molecular weight is 547 g/mol. The maximum Gasteiger partial charge on any atom is 0.416 e. The predicted molar refractivity (Wildman–Crippen MR) is 133 cm³/mol. The zero-order valence-electron chi connectivity index (χ0n) is 21.0. The number of carbonyl (C=O) groups is 2. The molecule has 2 amide bonds. The summed E-state index contributed by atoms with van der Waals surface area (Å²) in [6.45, 7) is 2.13. The minimum atomic E-state index is -4.53. The standard InChI is InChI=1S/C25H25F3N6O5/c1-3-4-15-7-8-18(13-19(15)25(26,27)28)30-23(35)17-6-5-16-11-21(39-20(16)12-17)22-31-33-34(32-22)14-38-24(36)29-9-10-37-2/h5-8,11-13H,3-4,9-10,14H2,1-2H3,(H,29,36)(H,30,35). The number of alkyl halides is 3.